The molecule has 6 nitrogen and oxygen atoms in total. The second-order valence-corrected chi connectivity index (χ2v) is 9.62. The molecule has 0 aliphatic carbocycles. The molecule has 0 atom stereocenters. The molecular weight excluding hydrogens is 359 g/mol. The molecule has 26 heavy (non-hydrogen) atoms. The number of carbonyl (C=O) groups is 1. The van der Waals surface area contributed by atoms with E-state index in [4.69, 9.17) is 4.74 Å². The summed E-state index contributed by atoms with van der Waals surface area (Å²) in [5, 5.41) is 0. The quantitative estimate of drug-likeness (QED) is 0.800. The molecule has 2 rings (SSSR count). The van der Waals surface area contributed by atoms with Gasteiger partial charge in [-0.1, -0.05) is 6.07 Å². The van der Waals surface area contributed by atoms with Crippen LogP contribution in [0.25, 0.3) is 0 Å². The van der Waals surface area contributed by atoms with Gasteiger partial charge in [0.1, 0.15) is 16.3 Å². The van der Waals surface area contributed by atoms with Crippen LogP contribution in [0.15, 0.2) is 23.1 Å². The number of ether oxygens (including phenoxy) is 1. The third-order valence-corrected chi connectivity index (χ3v) is 6.30. The molecule has 0 unspecified atom stereocenters. The van der Waals surface area contributed by atoms with Gasteiger partial charge in [-0.05, 0) is 58.2 Å². The molecule has 1 amide bonds. The molecule has 1 saturated heterocycles. The van der Waals surface area contributed by atoms with Crippen molar-refractivity contribution in [2.45, 2.75) is 57.1 Å². The van der Waals surface area contributed by atoms with Gasteiger partial charge >= 0.3 is 6.09 Å². The average molecular weight is 386 g/mol. The fourth-order valence-corrected chi connectivity index (χ4v) is 4.46. The molecule has 0 aromatic heterocycles. The van der Waals surface area contributed by atoms with Gasteiger partial charge in [-0.15, -0.1) is 0 Å². The van der Waals surface area contributed by atoms with Crippen molar-refractivity contribution in [3.63, 3.8) is 0 Å². The number of amides is 1. The fourth-order valence-electron chi connectivity index (χ4n) is 2.90. The molecule has 0 spiro atoms. The summed E-state index contributed by atoms with van der Waals surface area (Å²) < 4.78 is 46.2. The van der Waals surface area contributed by atoms with Crippen LogP contribution in [0.5, 0.6) is 0 Å². The molecule has 0 N–H and O–H groups in total. The summed E-state index contributed by atoms with van der Waals surface area (Å²) in [4.78, 5) is 13.4. The number of carbonyl (C=O) groups excluding carboxylic acids is 1. The average Bonchev–Trinajstić information content (AvgIpc) is 2.54. The number of likely N-dealkylation sites (tertiary alicyclic amines) is 1. The Bertz CT molecular complexity index is 766. The van der Waals surface area contributed by atoms with Crippen LogP contribution in [0.1, 0.15) is 39.2 Å². The zero-order valence-electron chi connectivity index (χ0n) is 16.0. The normalized spacial score (nSPS) is 16.8. The zero-order chi connectivity index (χ0) is 19.7. The van der Waals surface area contributed by atoms with E-state index in [0.29, 0.717) is 31.5 Å². The molecule has 0 radical (unpaired) electrons. The molecule has 146 valence electrons. The minimum absolute atomic E-state index is 0.293. The maximum atomic E-state index is 14.0. The summed E-state index contributed by atoms with van der Waals surface area (Å²) in [5.41, 5.74) is 0.106. The molecule has 8 heteroatoms. The van der Waals surface area contributed by atoms with Gasteiger partial charge in [0.25, 0.3) is 0 Å². The second kappa shape index (κ2) is 7.52. The molecule has 1 aliphatic rings. The van der Waals surface area contributed by atoms with Gasteiger partial charge in [-0.25, -0.2) is 17.6 Å². The first-order valence-electron chi connectivity index (χ1n) is 8.64. The Balaban J connectivity index is 2.07. The summed E-state index contributed by atoms with van der Waals surface area (Å²) in [5.74, 6) is -0.756. The third kappa shape index (κ3) is 4.73. The maximum absolute atomic E-state index is 14.0. The highest BCUT2D eigenvalue weighted by molar-refractivity contribution is 7.89. The van der Waals surface area contributed by atoms with Crippen molar-refractivity contribution in [2.75, 3.05) is 20.1 Å². The molecule has 1 fully saturated rings. The summed E-state index contributed by atoms with van der Waals surface area (Å²) >= 11 is 0. The van der Waals surface area contributed by atoms with Crippen molar-refractivity contribution in [2.24, 2.45) is 0 Å². The predicted molar refractivity (Wildman–Crippen MR) is 96.9 cm³/mol. The van der Waals surface area contributed by atoms with Gasteiger partial charge in [-0.2, -0.15) is 4.31 Å². The Morgan fingerprint density at radius 3 is 2.38 bits per heavy atom. The Hall–Kier alpha value is -1.67. The lowest BCUT2D eigenvalue weighted by Gasteiger charge is -2.36. The van der Waals surface area contributed by atoms with Crippen LogP contribution >= 0.6 is 0 Å². The molecule has 0 saturated carbocycles. The van der Waals surface area contributed by atoms with Crippen molar-refractivity contribution >= 4 is 16.1 Å². The van der Waals surface area contributed by atoms with Crippen molar-refractivity contribution in [3.05, 3.63) is 29.6 Å². The fraction of sp³-hybridized carbons (Fsp3) is 0.611. The Morgan fingerprint density at radius 2 is 1.85 bits per heavy atom. The van der Waals surface area contributed by atoms with Crippen LogP contribution in [0.3, 0.4) is 0 Å². The number of rotatable bonds is 3. The number of piperidine rings is 1. The highest BCUT2D eigenvalue weighted by Gasteiger charge is 2.34. The third-order valence-electron chi connectivity index (χ3n) is 4.37. The number of aryl methyl sites for hydroxylation is 1. The van der Waals surface area contributed by atoms with E-state index >= 15 is 0 Å². The summed E-state index contributed by atoms with van der Waals surface area (Å²) in [6.45, 7) is 7.92. The number of benzene rings is 1. The Labute approximate surface area is 155 Å². The molecule has 0 bridgehead atoms. The Morgan fingerprint density at radius 1 is 1.27 bits per heavy atom. The number of hydrogen-bond donors (Lipinski definition) is 0. The first-order chi connectivity index (χ1) is 11.9. The molecular formula is C18H27FN2O4S. The van der Waals surface area contributed by atoms with E-state index in [1.165, 1.54) is 29.6 Å². The largest absolute Gasteiger partial charge is 0.444 e. The first kappa shape index (κ1) is 20.6. The molecule has 1 aromatic carbocycles. The number of sulfonamides is 1. The van der Waals surface area contributed by atoms with E-state index in [9.17, 15) is 17.6 Å². The van der Waals surface area contributed by atoms with Gasteiger partial charge in [0.2, 0.25) is 10.0 Å². The lowest BCUT2D eigenvalue weighted by molar-refractivity contribution is 0.0183. The van der Waals surface area contributed by atoms with Crippen molar-refractivity contribution in [1.82, 2.24) is 9.21 Å². The number of halogens is 1. The molecule has 1 aromatic rings. The van der Waals surface area contributed by atoms with Crippen LogP contribution in [-0.2, 0) is 14.8 Å². The lowest BCUT2D eigenvalue weighted by atomic mass is 10.1. The van der Waals surface area contributed by atoms with Crippen molar-refractivity contribution in [3.8, 4) is 0 Å². The summed E-state index contributed by atoms with van der Waals surface area (Å²) in [6.07, 6.45) is 0.552. The minimum Gasteiger partial charge on any atom is -0.444 e. The number of hydrogen-bond acceptors (Lipinski definition) is 4. The highest BCUT2D eigenvalue weighted by atomic mass is 32.2. The lowest BCUT2D eigenvalue weighted by Crippen LogP contribution is -2.48. The van der Waals surface area contributed by atoms with E-state index in [-0.39, 0.29) is 10.9 Å². The van der Waals surface area contributed by atoms with Crippen LogP contribution in [0.4, 0.5) is 9.18 Å². The zero-order valence-corrected chi connectivity index (χ0v) is 16.8. The monoisotopic (exact) mass is 386 g/mol. The summed E-state index contributed by atoms with van der Waals surface area (Å²) in [7, 11) is -2.47. The van der Waals surface area contributed by atoms with E-state index in [1.807, 2.05) is 0 Å². The van der Waals surface area contributed by atoms with Gasteiger partial charge in [0.15, 0.2) is 0 Å². The molecule has 1 aliphatic heterocycles. The van der Waals surface area contributed by atoms with E-state index in [1.54, 1.807) is 32.6 Å². The minimum atomic E-state index is -3.93. The highest BCUT2D eigenvalue weighted by Crippen LogP contribution is 2.25. The van der Waals surface area contributed by atoms with E-state index in [0.717, 1.165) is 0 Å². The van der Waals surface area contributed by atoms with Crippen molar-refractivity contribution < 1.29 is 22.3 Å². The van der Waals surface area contributed by atoms with Crippen LogP contribution in [0, 0.1) is 12.7 Å². The van der Waals surface area contributed by atoms with Crippen LogP contribution in [0.2, 0.25) is 0 Å². The van der Waals surface area contributed by atoms with Crippen molar-refractivity contribution in [1.29, 1.82) is 0 Å². The van der Waals surface area contributed by atoms with E-state index < -0.39 is 27.5 Å². The molecule has 1 heterocycles. The Kier molecular flexibility index (Phi) is 5.97. The predicted octanol–water partition coefficient (Wildman–Crippen LogP) is 3.15. The smallest absolute Gasteiger partial charge is 0.410 e. The SMILES string of the molecule is Cc1ccc(F)c(S(=O)(=O)N(C)C2CCN(C(=O)OC(C)(C)C)CC2)c1. The van der Waals surface area contributed by atoms with Gasteiger partial charge < -0.3 is 9.64 Å². The maximum Gasteiger partial charge on any atom is 0.410 e. The van der Waals surface area contributed by atoms with Gasteiger partial charge in [0, 0.05) is 26.2 Å². The van der Waals surface area contributed by atoms with Gasteiger partial charge in [-0.3, -0.25) is 0 Å². The summed E-state index contributed by atoms with van der Waals surface area (Å²) in [6, 6.07) is 3.75. The second-order valence-electron chi connectivity index (χ2n) is 7.65. The van der Waals surface area contributed by atoms with E-state index in [2.05, 4.69) is 0 Å². The topological polar surface area (TPSA) is 66.9 Å². The first-order valence-corrected chi connectivity index (χ1v) is 10.1. The van der Waals surface area contributed by atoms with Crippen LogP contribution in [-0.4, -0.2) is 55.5 Å². The van der Waals surface area contributed by atoms with Crippen LogP contribution < -0.4 is 0 Å². The van der Waals surface area contributed by atoms with Gasteiger partial charge in [0.05, 0.1) is 0 Å². The number of nitrogens with zero attached hydrogens (tertiary/aromatic N) is 2. The standard InChI is InChI=1S/C18H27FN2O4S/c1-13-6-7-15(19)16(12-13)26(23,24)20(5)14-8-10-21(11-9-14)17(22)25-18(2,3)4/h6-7,12,14H,8-11H2,1-5H3.